The van der Waals surface area contributed by atoms with Crippen LogP contribution in [0.3, 0.4) is 0 Å². The highest BCUT2D eigenvalue weighted by Crippen LogP contribution is 2.27. The van der Waals surface area contributed by atoms with E-state index in [1.807, 2.05) is 0 Å². The molecule has 16 heavy (non-hydrogen) atoms. The van der Waals surface area contributed by atoms with Crippen LogP contribution >= 0.6 is 38.5 Å². The van der Waals surface area contributed by atoms with E-state index in [1.165, 1.54) is 9.13 Å². The average molecular weight is 392 g/mol. The van der Waals surface area contributed by atoms with E-state index in [0.717, 1.165) is 23.9 Å². The first-order valence-corrected chi connectivity index (χ1v) is 7.18. The molecule has 1 N–H and O–H groups in total. The molecule has 1 unspecified atom stereocenters. The highest BCUT2D eigenvalue weighted by atomic mass is 127. The zero-order chi connectivity index (χ0) is 12.0. The summed E-state index contributed by atoms with van der Waals surface area (Å²) in [4.78, 5) is 0. The quantitative estimate of drug-likeness (QED) is 0.588. The lowest BCUT2D eigenvalue weighted by molar-refractivity contribution is 0.541. The monoisotopic (exact) mass is 391 g/mol. The maximum atomic E-state index is 5.42. The lowest BCUT2D eigenvalue weighted by Crippen LogP contribution is -2.22. The SMILES string of the molecule is C#CCC(NCCC)c1cc(I)ccc1Br. The van der Waals surface area contributed by atoms with E-state index in [2.05, 4.69) is 74.9 Å². The van der Waals surface area contributed by atoms with Gasteiger partial charge in [0, 0.05) is 20.5 Å². The number of terminal acetylenes is 1. The second kappa shape index (κ2) is 7.31. The Balaban J connectivity index is 2.91. The molecule has 1 aromatic carbocycles. The van der Waals surface area contributed by atoms with Gasteiger partial charge in [0.15, 0.2) is 0 Å². The number of nitrogens with one attached hydrogen (secondary N) is 1. The molecule has 0 aliphatic heterocycles. The van der Waals surface area contributed by atoms with Crippen LogP contribution in [-0.2, 0) is 0 Å². The summed E-state index contributed by atoms with van der Waals surface area (Å²) in [7, 11) is 0. The van der Waals surface area contributed by atoms with Gasteiger partial charge in [-0.1, -0.05) is 22.9 Å². The van der Waals surface area contributed by atoms with Gasteiger partial charge in [0.05, 0.1) is 0 Å². The molecule has 0 spiro atoms. The van der Waals surface area contributed by atoms with Crippen molar-refractivity contribution < 1.29 is 0 Å². The third-order valence-corrected chi connectivity index (χ3v) is 3.69. The third kappa shape index (κ3) is 4.08. The fourth-order valence-corrected chi connectivity index (χ4v) is 2.55. The van der Waals surface area contributed by atoms with Crippen LogP contribution in [0, 0.1) is 15.9 Å². The Morgan fingerprint density at radius 3 is 2.94 bits per heavy atom. The Morgan fingerprint density at radius 2 is 2.31 bits per heavy atom. The molecular formula is C13H15BrIN. The van der Waals surface area contributed by atoms with E-state index in [0.29, 0.717) is 0 Å². The molecule has 86 valence electrons. The summed E-state index contributed by atoms with van der Waals surface area (Å²) in [5.74, 6) is 2.74. The summed E-state index contributed by atoms with van der Waals surface area (Å²) in [6, 6.07) is 6.58. The van der Waals surface area contributed by atoms with Gasteiger partial charge in [0.2, 0.25) is 0 Å². The first-order valence-electron chi connectivity index (χ1n) is 5.30. The van der Waals surface area contributed by atoms with Crippen LogP contribution in [0.5, 0.6) is 0 Å². The highest BCUT2D eigenvalue weighted by Gasteiger charge is 2.12. The van der Waals surface area contributed by atoms with Crippen molar-refractivity contribution in [3.05, 3.63) is 31.8 Å². The van der Waals surface area contributed by atoms with Crippen LogP contribution in [0.15, 0.2) is 22.7 Å². The smallest absolute Gasteiger partial charge is 0.0442 e. The van der Waals surface area contributed by atoms with Gasteiger partial charge in [-0.3, -0.25) is 0 Å². The van der Waals surface area contributed by atoms with Crippen LogP contribution in [0.1, 0.15) is 31.4 Å². The predicted molar refractivity (Wildman–Crippen MR) is 81.3 cm³/mol. The molecule has 1 nitrogen and oxygen atoms in total. The highest BCUT2D eigenvalue weighted by molar-refractivity contribution is 14.1. The van der Waals surface area contributed by atoms with E-state index in [9.17, 15) is 0 Å². The van der Waals surface area contributed by atoms with Crippen molar-refractivity contribution in [2.45, 2.75) is 25.8 Å². The molecule has 0 bridgehead atoms. The van der Waals surface area contributed by atoms with E-state index in [4.69, 9.17) is 6.42 Å². The van der Waals surface area contributed by atoms with Crippen LogP contribution in [0.4, 0.5) is 0 Å². The van der Waals surface area contributed by atoms with Gasteiger partial charge < -0.3 is 5.32 Å². The molecule has 0 saturated carbocycles. The van der Waals surface area contributed by atoms with Crippen molar-refractivity contribution >= 4 is 38.5 Å². The maximum absolute atomic E-state index is 5.42. The molecule has 0 radical (unpaired) electrons. The number of hydrogen-bond acceptors (Lipinski definition) is 1. The topological polar surface area (TPSA) is 12.0 Å². The van der Waals surface area contributed by atoms with E-state index < -0.39 is 0 Å². The zero-order valence-corrected chi connectivity index (χ0v) is 13.0. The van der Waals surface area contributed by atoms with Gasteiger partial charge >= 0.3 is 0 Å². The number of halogens is 2. The van der Waals surface area contributed by atoms with Gasteiger partial charge in [0.1, 0.15) is 0 Å². The minimum Gasteiger partial charge on any atom is -0.309 e. The third-order valence-electron chi connectivity index (χ3n) is 2.30. The average Bonchev–Trinajstić information content (AvgIpc) is 2.28. The van der Waals surface area contributed by atoms with E-state index in [1.54, 1.807) is 0 Å². The minimum absolute atomic E-state index is 0.244. The number of hydrogen-bond donors (Lipinski definition) is 1. The van der Waals surface area contributed by atoms with Gasteiger partial charge in [-0.25, -0.2) is 0 Å². The van der Waals surface area contributed by atoms with Crippen LogP contribution in [0.2, 0.25) is 0 Å². The Labute approximate surface area is 120 Å². The summed E-state index contributed by atoms with van der Waals surface area (Å²) >= 11 is 5.90. The standard InChI is InChI=1S/C13H15BrIN/c1-3-5-13(16-8-4-2)11-9-10(15)6-7-12(11)14/h1,6-7,9,13,16H,4-5,8H2,2H3. The molecule has 1 rings (SSSR count). The summed E-state index contributed by atoms with van der Waals surface area (Å²) in [5, 5.41) is 3.48. The Bertz CT molecular complexity index is 384. The molecule has 0 aliphatic rings. The maximum Gasteiger partial charge on any atom is 0.0442 e. The molecule has 0 heterocycles. The molecule has 0 aromatic heterocycles. The molecular weight excluding hydrogens is 377 g/mol. The van der Waals surface area contributed by atoms with Gasteiger partial charge in [-0.15, -0.1) is 12.3 Å². The van der Waals surface area contributed by atoms with Gasteiger partial charge in [0.25, 0.3) is 0 Å². The molecule has 1 aromatic rings. The number of rotatable bonds is 5. The van der Waals surface area contributed by atoms with Gasteiger partial charge in [-0.05, 0) is 59.3 Å². The molecule has 1 atom stereocenters. The Hall–Kier alpha value is -0.0500. The molecule has 0 aliphatic carbocycles. The van der Waals surface area contributed by atoms with Crippen molar-refractivity contribution in [3.8, 4) is 12.3 Å². The Kier molecular flexibility index (Phi) is 6.40. The fourth-order valence-electron chi connectivity index (χ4n) is 1.51. The van der Waals surface area contributed by atoms with Crippen molar-refractivity contribution in [2.75, 3.05) is 6.54 Å². The van der Waals surface area contributed by atoms with Crippen LogP contribution < -0.4 is 5.32 Å². The van der Waals surface area contributed by atoms with Crippen molar-refractivity contribution in [3.63, 3.8) is 0 Å². The zero-order valence-electron chi connectivity index (χ0n) is 9.26. The molecule has 0 saturated heterocycles. The second-order valence-corrected chi connectivity index (χ2v) is 5.68. The summed E-state index contributed by atoms with van der Waals surface area (Å²) in [5.41, 5.74) is 1.25. The number of benzene rings is 1. The first kappa shape index (κ1) is 14.0. The fraction of sp³-hybridized carbons (Fsp3) is 0.385. The van der Waals surface area contributed by atoms with Crippen LogP contribution in [0.25, 0.3) is 0 Å². The van der Waals surface area contributed by atoms with Crippen molar-refractivity contribution in [1.29, 1.82) is 0 Å². The summed E-state index contributed by atoms with van der Waals surface area (Å²) in [6.45, 7) is 3.15. The molecule has 3 heteroatoms. The first-order chi connectivity index (χ1) is 7.69. The minimum atomic E-state index is 0.244. The summed E-state index contributed by atoms with van der Waals surface area (Å²) < 4.78 is 2.35. The second-order valence-electron chi connectivity index (χ2n) is 3.58. The summed E-state index contributed by atoms with van der Waals surface area (Å²) in [6.07, 6.45) is 7.25. The van der Waals surface area contributed by atoms with Crippen LogP contribution in [-0.4, -0.2) is 6.54 Å². The predicted octanol–water partition coefficient (Wildman–Crippen LogP) is 4.12. The normalized spacial score (nSPS) is 12.1. The lowest BCUT2D eigenvalue weighted by atomic mass is 10.0. The molecule has 0 amide bonds. The van der Waals surface area contributed by atoms with Crippen molar-refractivity contribution in [2.24, 2.45) is 0 Å². The molecule has 0 fully saturated rings. The van der Waals surface area contributed by atoms with E-state index >= 15 is 0 Å². The van der Waals surface area contributed by atoms with Gasteiger partial charge in [-0.2, -0.15) is 0 Å². The van der Waals surface area contributed by atoms with Crippen molar-refractivity contribution in [1.82, 2.24) is 5.32 Å². The Morgan fingerprint density at radius 1 is 1.56 bits per heavy atom. The largest absolute Gasteiger partial charge is 0.309 e. The van der Waals surface area contributed by atoms with E-state index in [-0.39, 0.29) is 6.04 Å². The lowest BCUT2D eigenvalue weighted by Gasteiger charge is -2.18.